The lowest BCUT2D eigenvalue weighted by Crippen LogP contribution is -2.41. The van der Waals surface area contributed by atoms with Crippen LogP contribution in [0.15, 0.2) is 18.2 Å². The Morgan fingerprint density at radius 2 is 2.35 bits per heavy atom. The van der Waals surface area contributed by atoms with Gasteiger partial charge in [-0.15, -0.1) is 0 Å². The molecular formula is C16H24FNO2. The van der Waals surface area contributed by atoms with Crippen molar-refractivity contribution in [2.75, 3.05) is 20.3 Å². The summed E-state index contributed by atoms with van der Waals surface area (Å²) in [7, 11) is 1.50. The van der Waals surface area contributed by atoms with E-state index in [0.717, 1.165) is 32.4 Å². The van der Waals surface area contributed by atoms with Crippen LogP contribution in [-0.4, -0.2) is 32.4 Å². The molecule has 1 aliphatic rings. The van der Waals surface area contributed by atoms with Crippen LogP contribution < -0.4 is 10.1 Å². The molecule has 2 atom stereocenters. The van der Waals surface area contributed by atoms with E-state index < -0.39 is 0 Å². The van der Waals surface area contributed by atoms with Gasteiger partial charge in [0, 0.05) is 12.6 Å². The molecule has 0 aromatic heterocycles. The van der Waals surface area contributed by atoms with Gasteiger partial charge in [0.05, 0.1) is 13.2 Å². The van der Waals surface area contributed by atoms with E-state index in [1.807, 2.05) is 12.1 Å². The summed E-state index contributed by atoms with van der Waals surface area (Å²) in [6.07, 6.45) is 4.02. The Morgan fingerprint density at radius 3 is 3.00 bits per heavy atom. The largest absolute Gasteiger partial charge is 0.494 e. The summed E-state index contributed by atoms with van der Waals surface area (Å²) in [5.41, 5.74) is 0.688. The molecule has 1 saturated heterocycles. The fourth-order valence-electron chi connectivity index (χ4n) is 2.69. The third-order valence-corrected chi connectivity index (χ3v) is 3.77. The monoisotopic (exact) mass is 281 g/mol. The predicted octanol–water partition coefficient (Wildman–Crippen LogP) is 2.92. The first kappa shape index (κ1) is 15.3. The summed E-state index contributed by atoms with van der Waals surface area (Å²) in [5.74, 6) is 0.0559. The fraction of sp³-hybridized carbons (Fsp3) is 0.625. The highest BCUT2D eigenvalue weighted by atomic mass is 19.1. The van der Waals surface area contributed by atoms with Crippen molar-refractivity contribution >= 4 is 0 Å². The Labute approximate surface area is 120 Å². The molecule has 4 heteroatoms. The van der Waals surface area contributed by atoms with Gasteiger partial charge in [0.1, 0.15) is 0 Å². The molecule has 2 unspecified atom stereocenters. The zero-order valence-corrected chi connectivity index (χ0v) is 12.3. The number of hydrogen-bond donors (Lipinski definition) is 1. The summed E-state index contributed by atoms with van der Waals surface area (Å²) >= 11 is 0. The summed E-state index contributed by atoms with van der Waals surface area (Å²) in [5, 5.41) is 3.49. The van der Waals surface area contributed by atoms with E-state index in [9.17, 15) is 4.39 Å². The number of benzene rings is 1. The second-order valence-corrected chi connectivity index (χ2v) is 5.25. The first-order valence-corrected chi connectivity index (χ1v) is 7.42. The predicted molar refractivity (Wildman–Crippen MR) is 77.7 cm³/mol. The molecule has 0 bridgehead atoms. The smallest absolute Gasteiger partial charge is 0.168 e. The van der Waals surface area contributed by atoms with E-state index in [4.69, 9.17) is 9.47 Å². The number of halogens is 1. The van der Waals surface area contributed by atoms with Crippen LogP contribution in [0.4, 0.5) is 4.39 Å². The van der Waals surface area contributed by atoms with E-state index in [0.29, 0.717) is 17.7 Å². The third-order valence-electron chi connectivity index (χ3n) is 3.77. The fourth-order valence-corrected chi connectivity index (χ4v) is 2.69. The summed E-state index contributed by atoms with van der Waals surface area (Å²) in [6.45, 7) is 3.87. The minimum atomic E-state index is -0.253. The van der Waals surface area contributed by atoms with Crippen LogP contribution >= 0.6 is 0 Å². The minimum absolute atomic E-state index is 0.166. The van der Waals surface area contributed by atoms with Crippen LogP contribution in [0.3, 0.4) is 0 Å². The lowest BCUT2D eigenvalue weighted by Gasteiger charge is -2.24. The number of methoxy groups -OCH3 is 1. The first-order chi connectivity index (χ1) is 9.76. The van der Waals surface area contributed by atoms with Gasteiger partial charge in [-0.1, -0.05) is 19.1 Å². The van der Waals surface area contributed by atoms with Gasteiger partial charge in [-0.05, 0) is 43.9 Å². The number of hydrogen-bond acceptors (Lipinski definition) is 3. The second kappa shape index (κ2) is 7.60. The lowest BCUT2D eigenvalue weighted by molar-refractivity contribution is 0.0781. The van der Waals surface area contributed by atoms with Crippen LogP contribution in [0, 0.1) is 5.82 Å². The molecule has 3 nitrogen and oxygen atoms in total. The summed E-state index contributed by atoms with van der Waals surface area (Å²) < 4.78 is 25.1. The van der Waals surface area contributed by atoms with Crippen LogP contribution in [0.25, 0.3) is 0 Å². The van der Waals surface area contributed by atoms with Gasteiger partial charge in [-0.25, -0.2) is 4.39 Å². The maximum atomic E-state index is 14.2. The van der Waals surface area contributed by atoms with Gasteiger partial charge in [-0.2, -0.15) is 0 Å². The van der Waals surface area contributed by atoms with Crippen molar-refractivity contribution in [2.45, 2.75) is 44.8 Å². The molecule has 0 aliphatic carbocycles. The van der Waals surface area contributed by atoms with E-state index in [1.165, 1.54) is 7.11 Å². The molecule has 0 spiro atoms. The quantitative estimate of drug-likeness (QED) is 0.833. The van der Waals surface area contributed by atoms with Crippen molar-refractivity contribution in [3.05, 3.63) is 29.6 Å². The molecule has 20 heavy (non-hydrogen) atoms. The number of rotatable bonds is 7. The number of ether oxygens (including phenoxy) is 2. The van der Waals surface area contributed by atoms with Crippen LogP contribution in [0.5, 0.6) is 5.75 Å². The van der Waals surface area contributed by atoms with Crippen molar-refractivity contribution in [3.8, 4) is 5.75 Å². The van der Waals surface area contributed by atoms with Crippen LogP contribution in [0.1, 0.15) is 31.7 Å². The zero-order chi connectivity index (χ0) is 14.4. The van der Waals surface area contributed by atoms with Gasteiger partial charge in [-0.3, -0.25) is 0 Å². The topological polar surface area (TPSA) is 30.5 Å². The van der Waals surface area contributed by atoms with Crippen molar-refractivity contribution in [3.63, 3.8) is 0 Å². The average molecular weight is 281 g/mol. The highest BCUT2D eigenvalue weighted by Gasteiger charge is 2.26. The SMILES string of the molecule is CCCNC(Cc1cccc(OC)c1F)C1CCCO1. The van der Waals surface area contributed by atoms with E-state index in [-0.39, 0.29) is 18.0 Å². The molecule has 1 N–H and O–H groups in total. The lowest BCUT2D eigenvalue weighted by atomic mass is 9.98. The van der Waals surface area contributed by atoms with Crippen molar-refractivity contribution in [1.29, 1.82) is 0 Å². The van der Waals surface area contributed by atoms with Crippen molar-refractivity contribution in [2.24, 2.45) is 0 Å². The normalized spacial score (nSPS) is 20.1. The Hall–Kier alpha value is -1.13. The molecule has 1 fully saturated rings. The Morgan fingerprint density at radius 1 is 1.50 bits per heavy atom. The van der Waals surface area contributed by atoms with Crippen molar-refractivity contribution < 1.29 is 13.9 Å². The number of nitrogens with one attached hydrogen (secondary N) is 1. The van der Waals surface area contributed by atoms with Crippen LogP contribution in [-0.2, 0) is 11.2 Å². The highest BCUT2D eigenvalue weighted by molar-refractivity contribution is 5.31. The maximum absolute atomic E-state index is 14.2. The van der Waals surface area contributed by atoms with Gasteiger partial charge in [0.25, 0.3) is 0 Å². The molecule has 0 saturated carbocycles. The summed E-state index contributed by atoms with van der Waals surface area (Å²) in [4.78, 5) is 0. The molecular weight excluding hydrogens is 257 g/mol. The Kier molecular flexibility index (Phi) is 5.80. The molecule has 0 radical (unpaired) electrons. The molecule has 1 aromatic rings. The summed E-state index contributed by atoms with van der Waals surface area (Å²) in [6, 6.07) is 5.48. The van der Waals surface area contributed by atoms with Gasteiger partial charge in [0.15, 0.2) is 11.6 Å². The standard InChI is InChI=1S/C16H24FNO2/c1-3-9-18-13(14-8-5-10-20-14)11-12-6-4-7-15(19-2)16(12)17/h4,6-7,13-14,18H,3,5,8-11H2,1-2H3. The van der Waals surface area contributed by atoms with Gasteiger partial charge >= 0.3 is 0 Å². The average Bonchev–Trinajstić information content (AvgIpc) is 2.99. The molecule has 0 amide bonds. The Balaban J connectivity index is 2.10. The van der Waals surface area contributed by atoms with Crippen molar-refractivity contribution in [1.82, 2.24) is 5.32 Å². The zero-order valence-electron chi connectivity index (χ0n) is 12.3. The van der Waals surface area contributed by atoms with Crippen LogP contribution in [0.2, 0.25) is 0 Å². The van der Waals surface area contributed by atoms with Gasteiger partial charge in [0.2, 0.25) is 0 Å². The second-order valence-electron chi connectivity index (χ2n) is 5.25. The first-order valence-electron chi connectivity index (χ1n) is 7.42. The highest BCUT2D eigenvalue weighted by Crippen LogP contribution is 2.24. The van der Waals surface area contributed by atoms with Gasteiger partial charge < -0.3 is 14.8 Å². The van der Waals surface area contributed by atoms with E-state index >= 15 is 0 Å². The van der Waals surface area contributed by atoms with E-state index in [2.05, 4.69) is 12.2 Å². The minimum Gasteiger partial charge on any atom is -0.494 e. The molecule has 1 aliphatic heterocycles. The third kappa shape index (κ3) is 3.70. The molecule has 2 rings (SSSR count). The maximum Gasteiger partial charge on any atom is 0.168 e. The molecule has 112 valence electrons. The molecule has 1 heterocycles. The Bertz CT molecular complexity index is 419. The van der Waals surface area contributed by atoms with E-state index in [1.54, 1.807) is 6.07 Å². The molecule has 1 aromatic carbocycles.